The Labute approximate surface area is 82.9 Å². The van der Waals surface area contributed by atoms with E-state index < -0.39 is 0 Å². The Balaban J connectivity index is 4.54. The Morgan fingerprint density at radius 1 is 1.08 bits per heavy atom. The summed E-state index contributed by atoms with van der Waals surface area (Å²) in [5.74, 6) is 0.330. The Hall–Kier alpha value is -0.330. The molecule has 0 amide bonds. The summed E-state index contributed by atoms with van der Waals surface area (Å²) in [6, 6.07) is 0. The second-order valence-electron chi connectivity index (χ2n) is 5.16. The standard InChI is InChI=1S/C12H24O/c1-7-11(4,5)9-12(6,8-2)10(3)13/h7-9H2,1-6H3. The van der Waals surface area contributed by atoms with Crippen molar-refractivity contribution >= 4 is 5.78 Å². The van der Waals surface area contributed by atoms with E-state index in [1.165, 1.54) is 0 Å². The summed E-state index contributed by atoms with van der Waals surface area (Å²) >= 11 is 0. The van der Waals surface area contributed by atoms with Gasteiger partial charge in [0.1, 0.15) is 5.78 Å². The molecule has 0 aromatic heterocycles. The van der Waals surface area contributed by atoms with Crippen LogP contribution >= 0.6 is 0 Å². The molecule has 0 fully saturated rings. The Kier molecular flexibility index (Phi) is 4.15. The second-order valence-corrected chi connectivity index (χ2v) is 5.16. The summed E-state index contributed by atoms with van der Waals surface area (Å²) in [5, 5.41) is 0. The molecule has 0 aliphatic heterocycles. The van der Waals surface area contributed by atoms with Gasteiger partial charge < -0.3 is 0 Å². The van der Waals surface area contributed by atoms with Crippen molar-refractivity contribution < 1.29 is 4.79 Å². The highest BCUT2D eigenvalue weighted by molar-refractivity contribution is 5.81. The maximum Gasteiger partial charge on any atom is 0.135 e. The third kappa shape index (κ3) is 3.50. The molecule has 0 radical (unpaired) electrons. The molecule has 1 unspecified atom stereocenters. The minimum Gasteiger partial charge on any atom is -0.299 e. The first-order valence-electron chi connectivity index (χ1n) is 5.28. The smallest absolute Gasteiger partial charge is 0.135 e. The first-order chi connectivity index (χ1) is 5.77. The summed E-state index contributed by atoms with van der Waals surface area (Å²) in [4.78, 5) is 11.5. The van der Waals surface area contributed by atoms with Crippen LogP contribution in [-0.4, -0.2) is 5.78 Å². The van der Waals surface area contributed by atoms with E-state index in [9.17, 15) is 4.79 Å². The SMILES string of the molecule is CCC(C)(C)CC(C)(CC)C(C)=O. The van der Waals surface area contributed by atoms with Gasteiger partial charge >= 0.3 is 0 Å². The molecule has 0 bridgehead atoms. The Bertz CT molecular complexity index is 182. The van der Waals surface area contributed by atoms with Crippen molar-refractivity contribution in [3.8, 4) is 0 Å². The lowest BCUT2D eigenvalue weighted by molar-refractivity contribution is -0.127. The number of ketones is 1. The number of carbonyl (C=O) groups is 1. The summed E-state index contributed by atoms with van der Waals surface area (Å²) in [5.41, 5.74) is 0.177. The van der Waals surface area contributed by atoms with Crippen molar-refractivity contribution in [3.63, 3.8) is 0 Å². The summed E-state index contributed by atoms with van der Waals surface area (Å²) < 4.78 is 0. The molecule has 1 atom stereocenters. The molecule has 0 saturated carbocycles. The molecule has 0 aliphatic carbocycles. The molecule has 0 N–H and O–H groups in total. The number of carbonyl (C=O) groups excluding carboxylic acids is 1. The van der Waals surface area contributed by atoms with Crippen LogP contribution in [-0.2, 0) is 4.79 Å². The van der Waals surface area contributed by atoms with Gasteiger partial charge in [-0.15, -0.1) is 0 Å². The van der Waals surface area contributed by atoms with E-state index in [1.807, 2.05) is 0 Å². The zero-order valence-corrected chi connectivity index (χ0v) is 10.0. The minimum atomic E-state index is -0.112. The van der Waals surface area contributed by atoms with Gasteiger partial charge in [-0.25, -0.2) is 0 Å². The van der Waals surface area contributed by atoms with Crippen molar-refractivity contribution in [2.75, 3.05) is 0 Å². The number of hydrogen-bond donors (Lipinski definition) is 0. The van der Waals surface area contributed by atoms with Crippen LogP contribution in [0.4, 0.5) is 0 Å². The van der Waals surface area contributed by atoms with Gasteiger partial charge in [0.2, 0.25) is 0 Å². The fourth-order valence-electron chi connectivity index (χ4n) is 1.68. The van der Waals surface area contributed by atoms with Crippen molar-refractivity contribution in [1.29, 1.82) is 0 Å². The molecule has 0 rings (SSSR count). The highest BCUT2D eigenvalue weighted by Gasteiger charge is 2.33. The lowest BCUT2D eigenvalue weighted by Gasteiger charge is -2.34. The van der Waals surface area contributed by atoms with Gasteiger partial charge in [0.15, 0.2) is 0 Å². The second kappa shape index (κ2) is 4.26. The summed E-state index contributed by atoms with van der Waals surface area (Å²) in [7, 11) is 0. The molecular formula is C12H24O. The maximum atomic E-state index is 11.5. The topological polar surface area (TPSA) is 17.1 Å². The third-order valence-electron chi connectivity index (χ3n) is 3.46. The van der Waals surface area contributed by atoms with Crippen molar-refractivity contribution in [3.05, 3.63) is 0 Å². The van der Waals surface area contributed by atoms with Crippen LogP contribution in [0.5, 0.6) is 0 Å². The van der Waals surface area contributed by atoms with Crippen LogP contribution in [0.15, 0.2) is 0 Å². The normalized spacial score (nSPS) is 16.8. The van der Waals surface area contributed by atoms with Crippen LogP contribution < -0.4 is 0 Å². The van der Waals surface area contributed by atoms with Crippen LogP contribution in [0, 0.1) is 10.8 Å². The third-order valence-corrected chi connectivity index (χ3v) is 3.46. The van der Waals surface area contributed by atoms with Crippen LogP contribution in [0.3, 0.4) is 0 Å². The first kappa shape index (κ1) is 12.7. The number of Topliss-reactive ketones (excluding diaryl/α,β-unsaturated/α-hetero) is 1. The fraction of sp³-hybridized carbons (Fsp3) is 0.917. The molecule has 0 aromatic carbocycles. The van der Waals surface area contributed by atoms with Crippen molar-refractivity contribution in [1.82, 2.24) is 0 Å². The van der Waals surface area contributed by atoms with E-state index in [2.05, 4.69) is 34.6 Å². The monoisotopic (exact) mass is 184 g/mol. The van der Waals surface area contributed by atoms with E-state index in [1.54, 1.807) is 6.92 Å². The minimum absolute atomic E-state index is 0.112. The molecule has 0 aliphatic rings. The van der Waals surface area contributed by atoms with Gasteiger partial charge in [-0.1, -0.05) is 41.0 Å². The molecule has 0 aromatic rings. The van der Waals surface area contributed by atoms with Crippen LogP contribution in [0.25, 0.3) is 0 Å². The van der Waals surface area contributed by atoms with E-state index in [0.717, 1.165) is 19.3 Å². The van der Waals surface area contributed by atoms with Crippen molar-refractivity contribution in [2.45, 2.75) is 60.8 Å². The highest BCUT2D eigenvalue weighted by Crippen LogP contribution is 2.38. The molecule has 1 nitrogen and oxygen atoms in total. The van der Waals surface area contributed by atoms with E-state index in [0.29, 0.717) is 5.78 Å². The predicted molar refractivity (Wildman–Crippen MR) is 57.8 cm³/mol. The van der Waals surface area contributed by atoms with Crippen LogP contribution in [0.1, 0.15) is 60.8 Å². The quantitative estimate of drug-likeness (QED) is 0.635. The van der Waals surface area contributed by atoms with Crippen LogP contribution in [0.2, 0.25) is 0 Å². The molecule has 0 spiro atoms. The van der Waals surface area contributed by atoms with Gasteiger partial charge in [-0.2, -0.15) is 0 Å². The fourth-order valence-corrected chi connectivity index (χ4v) is 1.68. The largest absolute Gasteiger partial charge is 0.299 e. The molecule has 13 heavy (non-hydrogen) atoms. The van der Waals surface area contributed by atoms with Gasteiger partial charge in [0, 0.05) is 5.41 Å². The van der Waals surface area contributed by atoms with Crippen molar-refractivity contribution in [2.24, 2.45) is 10.8 Å². The van der Waals surface area contributed by atoms with E-state index in [4.69, 9.17) is 0 Å². The average Bonchev–Trinajstić information content (AvgIpc) is 2.03. The summed E-state index contributed by atoms with van der Waals surface area (Å²) in [6.07, 6.45) is 3.09. The molecule has 0 heterocycles. The molecule has 78 valence electrons. The Morgan fingerprint density at radius 2 is 1.54 bits per heavy atom. The van der Waals surface area contributed by atoms with Gasteiger partial charge in [-0.3, -0.25) is 4.79 Å². The van der Waals surface area contributed by atoms with Gasteiger partial charge in [0.05, 0.1) is 0 Å². The molecular weight excluding hydrogens is 160 g/mol. The number of rotatable bonds is 5. The zero-order chi connectivity index (χ0) is 10.7. The lowest BCUT2D eigenvalue weighted by atomic mass is 9.69. The lowest BCUT2D eigenvalue weighted by Crippen LogP contribution is -2.31. The first-order valence-corrected chi connectivity index (χ1v) is 5.28. The summed E-state index contributed by atoms with van der Waals surface area (Å²) in [6.45, 7) is 12.6. The van der Waals surface area contributed by atoms with E-state index >= 15 is 0 Å². The number of hydrogen-bond acceptors (Lipinski definition) is 1. The zero-order valence-electron chi connectivity index (χ0n) is 10.0. The predicted octanol–water partition coefficient (Wildman–Crippen LogP) is 3.82. The van der Waals surface area contributed by atoms with E-state index in [-0.39, 0.29) is 10.8 Å². The molecule has 0 saturated heterocycles. The molecule has 1 heteroatoms. The Morgan fingerprint density at radius 3 is 1.77 bits per heavy atom. The highest BCUT2D eigenvalue weighted by atomic mass is 16.1. The average molecular weight is 184 g/mol. The maximum absolute atomic E-state index is 11.5. The van der Waals surface area contributed by atoms with Gasteiger partial charge in [0.25, 0.3) is 0 Å². The van der Waals surface area contributed by atoms with Gasteiger partial charge in [-0.05, 0) is 25.2 Å².